The number of methoxy groups -OCH3 is 1. The molecule has 8 nitrogen and oxygen atoms in total. The fraction of sp³-hybridized carbons (Fsp3) is 0.333. The number of aromatic nitrogens is 5. The average molecular weight is 352 g/mol. The van der Waals surface area contributed by atoms with Gasteiger partial charge in [0.25, 0.3) is 5.91 Å². The van der Waals surface area contributed by atoms with Gasteiger partial charge in [-0.05, 0) is 43.4 Å². The lowest BCUT2D eigenvalue weighted by molar-refractivity contribution is 0.102. The first-order valence-electron chi connectivity index (χ1n) is 8.64. The van der Waals surface area contributed by atoms with E-state index in [9.17, 15) is 4.79 Å². The Kier molecular flexibility index (Phi) is 4.39. The van der Waals surface area contributed by atoms with Crippen molar-refractivity contribution in [1.29, 1.82) is 0 Å². The number of H-pyrrole nitrogens is 2. The van der Waals surface area contributed by atoms with Gasteiger partial charge < -0.3 is 4.74 Å². The molecule has 3 N–H and O–H groups in total. The predicted molar refractivity (Wildman–Crippen MR) is 95.4 cm³/mol. The summed E-state index contributed by atoms with van der Waals surface area (Å²) in [5.41, 5.74) is 3.70. The van der Waals surface area contributed by atoms with Gasteiger partial charge in [-0.15, -0.1) is 5.10 Å². The molecule has 0 saturated carbocycles. The molecule has 1 aromatic carbocycles. The third-order valence-corrected chi connectivity index (χ3v) is 4.59. The second kappa shape index (κ2) is 6.99. The number of carbonyl (C=O) groups excluding carboxylic acids is 1. The normalized spacial score (nSPS) is 12.8. The highest BCUT2D eigenvalue weighted by molar-refractivity contribution is 6.03. The smallest absolute Gasteiger partial charge is 0.278 e. The summed E-state index contributed by atoms with van der Waals surface area (Å²) in [6.07, 6.45) is 4.41. The number of ether oxygens (including phenoxy) is 1. The number of amides is 1. The van der Waals surface area contributed by atoms with E-state index in [0.717, 1.165) is 48.5 Å². The van der Waals surface area contributed by atoms with Crippen molar-refractivity contribution < 1.29 is 9.53 Å². The molecular formula is C18H20N6O2. The molecule has 0 atom stereocenters. The maximum atomic E-state index is 12.4. The molecule has 4 rings (SSSR count). The van der Waals surface area contributed by atoms with E-state index < -0.39 is 0 Å². The Bertz CT molecular complexity index is 912. The third kappa shape index (κ3) is 3.30. The molecule has 1 amide bonds. The van der Waals surface area contributed by atoms with Crippen LogP contribution in [0.15, 0.2) is 24.3 Å². The summed E-state index contributed by atoms with van der Waals surface area (Å²) < 4.78 is 5.15. The molecule has 1 aliphatic rings. The van der Waals surface area contributed by atoms with Crippen molar-refractivity contribution in [1.82, 2.24) is 25.4 Å². The number of aromatic amines is 2. The minimum atomic E-state index is -0.273. The third-order valence-electron chi connectivity index (χ3n) is 4.59. The molecule has 3 aromatic rings. The van der Waals surface area contributed by atoms with E-state index in [-0.39, 0.29) is 11.9 Å². The molecule has 0 aliphatic heterocycles. The van der Waals surface area contributed by atoms with Crippen LogP contribution in [0.5, 0.6) is 5.75 Å². The Balaban J connectivity index is 1.36. The van der Waals surface area contributed by atoms with E-state index in [0.29, 0.717) is 12.1 Å². The monoisotopic (exact) mass is 352 g/mol. The highest BCUT2D eigenvalue weighted by Gasteiger charge is 2.23. The summed E-state index contributed by atoms with van der Waals surface area (Å²) >= 11 is 0. The van der Waals surface area contributed by atoms with Gasteiger partial charge in [-0.3, -0.25) is 20.3 Å². The fourth-order valence-corrected chi connectivity index (χ4v) is 3.19. The lowest BCUT2D eigenvalue weighted by Gasteiger charge is -2.02. The Labute approximate surface area is 150 Å². The van der Waals surface area contributed by atoms with Gasteiger partial charge in [0, 0.05) is 17.7 Å². The maximum Gasteiger partial charge on any atom is 0.278 e. The quantitative estimate of drug-likeness (QED) is 0.629. The average Bonchev–Trinajstić information content (AvgIpc) is 3.37. The van der Waals surface area contributed by atoms with E-state index in [1.807, 2.05) is 24.3 Å². The van der Waals surface area contributed by atoms with Crippen molar-refractivity contribution in [2.24, 2.45) is 0 Å². The molecule has 1 aliphatic carbocycles. The summed E-state index contributed by atoms with van der Waals surface area (Å²) in [5, 5.41) is 16.7. The molecule has 0 saturated heterocycles. The maximum absolute atomic E-state index is 12.4. The fourth-order valence-electron chi connectivity index (χ4n) is 3.19. The van der Waals surface area contributed by atoms with Crippen LogP contribution in [0.3, 0.4) is 0 Å². The van der Waals surface area contributed by atoms with Gasteiger partial charge in [0.15, 0.2) is 5.69 Å². The van der Waals surface area contributed by atoms with E-state index in [4.69, 9.17) is 4.74 Å². The Morgan fingerprint density at radius 3 is 2.81 bits per heavy atom. The summed E-state index contributed by atoms with van der Waals surface area (Å²) in [6.45, 7) is 0. The van der Waals surface area contributed by atoms with Crippen molar-refractivity contribution in [3.05, 3.63) is 52.6 Å². The number of carbonyl (C=O) groups is 1. The highest BCUT2D eigenvalue weighted by atomic mass is 16.5. The number of hydrogen-bond acceptors (Lipinski definition) is 5. The van der Waals surface area contributed by atoms with Crippen LogP contribution in [0, 0.1) is 0 Å². The van der Waals surface area contributed by atoms with Crippen molar-refractivity contribution in [3.8, 4) is 5.75 Å². The molecule has 0 spiro atoms. The van der Waals surface area contributed by atoms with Gasteiger partial charge in [0.05, 0.1) is 7.11 Å². The highest BCUT2D eigenvalue weighted by Crippen LogP contribution is 2.23. The van der Waals surface area contributed by atoms with Crippen LogP contribution in [0.2, 0.25) is 0 Å². The summed E-state index contributed by atoms with van der Waals surface area (Å²) in [6, 6.07) is 7.92. The van der Waals surface area contributed by atoms with E-state index in [1.165, 1.54) is 5.56 Å². The van der Waals surface area contributed by atoms with Crippen LogP contribution in [0.4, 0.5) is 5.95 Å². The van der Waals surface area contributed by atoms with Gasteiger partial charge in [-0.25, -0.2) is 0 Å². The Morgan fingerprint density at radius 2 is 2.00 bits per heavy atom. The number of nitrogens with zero attached hydrogens (tertiary/aromatic N) is 3. The first-order chi connectivity index (χ1) is 12.7. The van der Waals surface area contributed by atoms with Gasteiger partial charge in [-0.2, -0.15) is 10.1 Å². The molecule has 8 heteroatoms. The summed E-state index contributed by atoms with van der Waals surface area (Å²) in [5.74, 6) is 1.56. The summed E-state index contributed by atoms with van der Waals surface area (Å²) in [4.78, 5) is 16.7. The zero-order valence-corrected chi connectivity index (χ0v) is 14.5. The van der Waals surface area contributed by atoms with E-state index >= 15 is 0 Å². The first-order valence-corrected chi connectivity index (χ1v) is 8.64. The minimum Gasteiger partial charge on any atom is -0.497 e. The van der Waals surface area contributed by atoms with Crippen molar-refractivity contribution in [2.45, 2.75) is 32.1 Å². The zero-order chi connectivity index (χ0) is 17.9. The zero-order valence-electron chi connectivity index (χ0n) is 14.5. The van der Waals surface area contributed by atoms with Crippen molar-refractivity contribution in [2.75, 3.05) is 12.4 Å². The molecule has 0 bridgehead atoms. The number of fused-ring (bicyclic) bond motifs is 1. The van der Waals surface area contributed by atoms with Gasteiger partial charge >= 0.3 is 0 Å². The first kappa shape index (κ1) is 16.3. The largest absolute Gasteiger partial charge is 0.497 e. The van der Waals surface area contributed by atoms with Crippen LogP contribution in [-0.4, -0.2) is 38.4 Å². The minimum absolute atomic E-state index is 0.273. The number of hydrogen-bond donors (Lipinski definition) is 3. The van der Waals surface area contributed by atoms with Gasteiger partial charge in [0.2, 0.25) is 5.95 Å². The van der Waals surface area contributed by atoms with Crippen LogP contribution >= 0.6 is 0 Å². The van der Waals surface area contributed by atoms with Crippen LogP contribution in [0.25, 0.3) is 0 Å². The Morgan fingerprint density at radius 1 is 1.15 bits per heavy atom. The Hall–Kier alpha value is -3.16. The molecular weight excluding hydrogens is 332 g/mol. The van der Waals surface area contributed by atoms with Crippen molar-refractivity contribution in [3.63, 3.8) is 0 Å². The van der Waals surface area contributed by atoms with Crippen LogP contribution < -0.4 is 10.1 Å². The number of aryl methyl sites for hydroxylation is 3. The molecule has 0 fully saturated rings. The number of nitrogens with one attached hydrogen (secondary N) is 3. The van der Waals surface area contributed by atoms with Gasteiger partial charge in [-0.1, -0.05) is 12.1 Å². The van der Waals surface area contributed by atoms with Crippen LogP contribution in [-0.2, 0) is 25.7 Å². The van der Waals surface area contributed by atoms with Gasteiger partial charge in [0.1, 0.15) is 11.6 Å². The molecule has 26 heavy (non-hydrogen) atoms. The second-order valence-corrected chi connectivity index (χ2v) is 6.29. The van der Waals surface area contributed by atoms with E-state index in [2.05, 4.69) is 30.7 Å². The SMILES string of the molecule is COc1ccc(CCc2nc(NC(=O)c3n[nH]c4c3CCC4)n[nH]2)cc1. The van der Waals surface area contributed by atoms with Crippen LogP contribution in [0.1, 0.15) is 39.6 Å². The second-order valence-electron chi connectivity index (χ2n) is 6.29. The number of rotatable bonds is 6. The lowest BCUT2D eigenvalue weighted by atomic mass is 10.1. The molecule has 2 aromatic heterocycles. The predicted octanol–water partition coefficient (Wildman–Crippen LogP) is 2.06. The molecule has 2 heterocycles. The van der Waals surface area contributed by atoms with Crippen molar-refractivity contribution >= 4 is 11.9 Å². The summed E-state index contributed by atoms with van der Waals surface area (Å²) in [7, 11) is 1.65. The topological polar surface area (TPSA) is 109 Å². The standard InChI is InChI=1S/C18H20N6O2/c1-26-12-8-5-11(6-9-12)7-10-15-19-18(24-22-15)20-17(25)16-13-3-2-4-14(13)21-23-16/h5-6,8-9H,2-4,7,10H2,1H3,(H,21,23)(H2,19,20,22,24,25). The molecule has 134 valence electrons. The molecule has 0 unspecified atom stereocenters. The number of benzene rings is 1. The molecule has 0 radical (unpaired) electrons. The van der Waals surface area contributed by atoms with E-state index in [1.54, 1.807) is 7.11 Å². The lowest BCUT2D eigenvalue weighted by Crippen LogP contribution is -2.15. The number of anilines is 1.